The van der Waals surface area contributed by atoms with Crippen molar-refractivity contribution in [3.05, 3.63) is 44.6 Å². The molecule has 0 saturated carbocycles. The number of carbonyl (C=O) groups is 13. The van der Waals surface area contributed by atoms with E-state index >= 15 is 9.59 Å². The maximum absolute atomic E-state index is 15.1. The van der Waals surface area contributed by atoms with Gasteiger partial charge in [0, 0.05) is 46.2 Å². The van der Waals surface area contributed by atoms with Crippen molar-refractivity contribution in [3.8, 4) is 11.5 Å². The average molecular weight is 1290 g/mol. The first-order chi connectivity index (χ1) is 42.9. The first kappa shape index (κ1) is 70.3. The Balaban J connectivity index is 1.33. The van der Waals surface area contributed by atoms with Crippen molar-refractivity contribution in [2.45, 2.75) is 162 Å². The molecule has 5 heterocycles. The lowest BCUT2D eigenvalue weighted by atomic mass is 9.98. The number of aliphatic hydroxyl groups excluding tert-OH is 2. The Kier molecular flexibility index (Phi) is 21.2. The molecule has 1 aliphatic carbocycles. The number of cyclic esters (lactones) is 2. The van der Waals surface area contributed by atoms with Gasteiger partial charge in [-0.25, -0.2) is 14.6 Å². The average Bonchev–Trinajstić information content (AvgIpc) is 0.937. The maximum atomic E-state index is 15.1. The number of aliphatic hydroxyl groups is 2. The third-order valence-electron chi connectivity index (χ3n) is 17.5. The smallest absolute Gasteiger partial charge is 0.329 e. The zero-order chi connectivity index (χ0) is 68.7. The molecule has 12 unspecified atom stereocenters. The monoisotopic (exact) mass is 1290 g/mol. The number of nitrogens with zero attached hydrogens (tertiary/aromatic N) is 7. The van der Waals surface area contributed by atoms with Gasteiger partial charge in [0.1, 0.15) is 65.6 Å². The summed E-state index contributed by atoms with van der Waals surface area (Å²) in [5.74, 6) is -14.9. The fourth-order valence-electron chi connectivity index (χ4n) is 11.9. The van der Waals surface area contributed by atoms with E-state index in [-0.39, 0.29) is 34.4 Å². The molecule has 31 heteroatoms. The molecule has 12 atom stereocenters. The van der Waals surface area contributed by atoms with Crippen LogP contribution in [0.25, 0.3) is 22.6 Å². The number of ketones is 1. The number of nitrogen functional groups attached to an aromatic ring is 1. The second kappa shape index (κ2) is 27.8. The quantitative estimate of drug-likeness (QED) is 0.0702. The number of ether oxygens (including phenoxy) is 2. The van der Waals surface area contributed by atoms with E-state index in [1.54, 1.807) is 41.5 Å². The second-order valence-electron chi connectivity index (χ2n) is 25.2. The van der Waals surface area contributed by atoms with Crippen LogP contribution >= 0.6 is 0 Å². The number of benzene rings is 2. The zero-order valence-electron chi connectivity index (χ0n) is 54.1. The highest BCUT2D eigenvalue weighted by Crippen LogP contribution is 2.35. The van der Waals surface area contributed by atoms with E-state index in [2.05, 4.69) is 21.3 Å². The largest absolute Gasteiger partial charge is 0.458 e. The molecule has 0 aromatic heterocycles. The summed E-state index contributed by atoms with van der Waals surface area (Å²) in [4.78, 5) is 210. The highest BCUT2D eigenvalue weighted by molar-refractivity contribution is 6.11. The van der Waals surface area contributed by atoms with Crippen LogP contribution in [0.4, 0.5) is 5.69 Å². The molecule has 500 valence electrons. The molecule has 10 amide bonds. The van der Waals surface area contributed by atoms with Crippen LogP contribution in [0.15, 0.2) is 21.3 Å². The van der Waals surface area contributed by atoms with E-state index in [1.165, 1.54) is 74.9 Å². The van der Waals surface area contributed by atoms with Crippen LogP contribution < -0.4 is 32.4 Å². The van der Waals surface area contributed by atoms with Crippen molar-refractivity contribution in [2.24, 2.45) is 17.8 Å². The Labute approximate surface area is 529 Å². The fourth-order valence-corrected chi connectivity index (χ4v) is 11.9. The van der Waals surface area contributed by atoms with E-state index in [4.69, 9.17) is 24.6 Å². The summed E-state index contributed by atoms with van der Waals surface area (Å²) in [7, 11) is 5.10. The number of nitrogens with two attached hydrogens (primary N) is 1. The minimum atomic E-state index is -2.20. The molecule has 4 fully saturated rings. The minimum Gasteiger partial charge on any atom is -0.458 e. The van der Waals surface area contributed by atoms with Crippen LogP contribution in [-0.4, -0.2) is 249 Å². The van der Waals surface area contributed by atoms with E-state index in [1.807, 2.05) is 0 Å². The number of esters is 2. The number of amides is 10. The zero-order valence-corrected chi connectivity index (χ0v) is 54.1. The lowest BCUT2D eigenvalue weighted by molar-refractivity contribution is -0.163. The van der Waals surface area contributed by atoms with Crippen LogP contribution in [-0.2, 0) is 62.2 Å². The number of hydrogen-bond acceptors (Lipinski definition) is 21. The van der Waals surface area contributed by atoms with Crippen molar-refractivity contribution in [3.63, 3.8) is 0 Å². The van der Waals surface area contributed by atoms with E-state index < -0.39 is 222 Å². The molecule has 6 aliphatic rings. The Hall–Kier alpha value is -9.13. The van der Waals surface area contributed by atoms with Gasteiger partial charge in [-0.1, -0.05) is 47.6 Å². The van der Waals surface area contributed by atoms with E-state index in [9.17, 15) is 67.7 Å². The maximum Gasteiger partial charge on any atom is 0.329 e. The topological polar surface area (TPSA) is 418 Å². The van der Waals surface area contributed by atoms with Crippen LogP contribution in [0.2, 0.25) is 0 Å². The molecule has 0 radical (unpaired) electrons. The summed E-state index contributed by atoms with van der Waals surface area (Å²) in [5, 5.41) is 32.3. The molecular formula is C61H82N12O19. The number of carbonyl (C=O) groups excluding carboxylic acids is 13. The third kappa shape index (κ3) is 13.7. The van der Waals surface area contributed by atoms with Crippen molar-refractivity contribution in [1.82, 2.24) is 55.7 Å². The number of rotatable bonds is 8. The van der Waals surface area contributed by atoms with E-state index in [0.717, 1.165) is 29.4 Å². The predicted molar refractivity (Wildman–Crippen MR) is 324 cm³/mol. The fraction of sp³-hybridized carbons (Fsp3) is 0.590. The Morgan fingerprint density at radius 2 is 1.28 bits per heavy atom. The van der Waals surface area contributed by atoms with Crippen LogP contribution in [0, 0.1) is 31.6 Å². The van der Waals surface area contributed by atoms with Crippen molar-refractivity contribution >= 4 is 93.6 Å². The first-order valence-electron chi connectivity index (χ1n) is 30.2. The van der Waals surface area contributed by atoms with Crippen LogP contribution in [0.3, 0.4) is 0 Å². The molecule has 1 aromatic carbocycles. The SMILES string of the molecule is Cc1c2oc3c(C)ccc(C(=O)NC4C(=O)NC(C(C)C)C(=O)N5C(C)CC(O)C5C(=O)N(C)CC(=O)N(C)C(C(C)C)C(=O)OC4C)c3nc-2c(C(=O)NC2C(=O)NC(C(C)C)C(=O)N3CC(=O)CC3C(=O)N(C)CC(=O)N(C)C(C)C(=O)OC2CO)c(N)c1=O. The molecule has 7 rings (SSSR count). The lowest BCUT2D eigenvalue weighted by Crippen LogP contribution is -2.62. The van der Waals surface area contributed by atoms with Gasteiger partial charge in [-0.2, -0.15) is 0 Å². The van der Waals surface area contributed by atoms with Gasteiger partial charge in [-0.3, -0.25) is 57.5 Å². The molecular weight excluding hydrogens is 1200 g/mol. The van der Waals surface area contributed by atoms with Gasteiger partial charge in [0.05, 0.1) is 49.2 Å². The van der Waals surface area contributed by atoms with Gasteiger partial charge < -0.3 is 80.5 Å². The number of aromatic nitrogens is 1. The number of anilines is 1. The summed E-state index contributed by atoms with van der Waals surface area (Å²) >= 11 is 0. The highest BCUT2D eigenvalue weighted by Gasteiger charge is 2.51. The molecule has 92 heavy (non-hydrogen) atoms. The van der Waals surface area contributed by atoms with Crippen molar-refractivity contribution < 1.29 is 86.4 Å². The lowest BCUT2D eigenvalue weighted by Gasteiger charge is -2.37. The molecule has 5 aliphatic heterocycles. The van der Waals surface area contributed by atoms with Gasteiger partial charge >= 0.3 is 11.9 Å². The van der Waals surface area contributed by atoms with E-state index in [0.29, 0.717) is 5.56 Å². The van der Waals surface area contributed by atoms with Crippen molar-refractivity contribution in [2.75, 3.05) is 60.2 Å². The third-order valence-corrected chi connectivity index (χ3v) is 17.5. The van der Waals surface area contributed by atoms with Gasteiger partial charge in [0.2, 0.25) is 52.7 Å². The molecule has 8 N–H and O–H groups in total. The Morgan fingerprint density at radius 3 is 1.87 bits per heavy atom. The van der Waals surface area contributed by atoms with Gasteiger partial charge in [-0.05, 0) is 70.4 Å². The molecule has 0 bridgehead atoms. The van der Waals surface area contributed by atoms with Gasteiger partial charge in [0.25, 0.3) is 11.8 Å². The number of hydrogen-bond donors (Lipinski definition) is 7. The summed E-state index contributed by atoms with van der Waals surface area (Å²) in [6.07, 6.45) is -5.46. The number of Topliss-reactive ketones (excluding diaryl/α,β-unsaturated/α-hetero) is 1. The molecule has 1 aromatic rings. The molecule has 0 spiro atoms. The number of fused-ring (bicyclic) bond motifs is 4. The number of nitrogens with one attached hydrogen (secondary N) is 4. The Bertz CT molecular complexity index is 3550. The van der Waals surface area contributed by atoms with Crippen LogP contribution in [0.1, 0.15) is 107 Å². The highest BCUT2D eigenvalue weighted by atomic mass is 16.6. The first-order valence-corrected chi connectivity index (χ1v) is 30.2. The standard InChI is InChI=1S/C61H82N12O19/c1-24(2)41-57(85)72-20-32(75)19-34(72)56(84)68(12)21-37(77)70(14)30(10)60(88)91-36(23-74)45(55(83)64-41)67-53(81)39-40(62)49(79)29(9)51-46(39)63-44-33(17-16-27(7)50(44)92-51)52(80)66-43-31(11)90-61(89)47(26(5)6)71(15)38(78)22-69(13)59(87)48-35(76)18-28(8)73(48)58(86)42(25(3)4)65-54(43)82/h16-17,24-26,28,30-31,34-36,41-43,45,47-48,74,76H,18-23,62H2,1-15H3,(H,64,83)(H,65,82)(H,66,80)(H,67,81). The summed E-state index contributed by atoms with van der Waals surface area (Å²) in [6, 6.07) is -10.8. The second-order valence-corrected chi connectivity index (χ2v) is 25.2. The van der Waals surface area contributed by atoms with Gasteiger partial charge in [-0.15, -0.1) is 0 Å². The number of likely N-dealkylation sites (N-methyl/N-ethyl adjacent to an activating group) is 4. The summed E-state index contributed by atoms with van der Waals surface area (Å²) < 4.78 is 17.9. The number of aryl methyl sites for hydroxylation is 1. The summed E-state index contributed by atoms with van der Waals surface area (Å²) in [5.41, 5.74) is 2.68. The Morgan fingerprint density at radius 1 is 0.717 bits per heavy atom. The normalized spacial score (nSPS) is 27.5. The predicted octanol–water partition coefficient (Wildman–Crippen LogP) is -2.40. The van der Waals surface area contributed by atoms with Gasteiger partial charge in [0.15, 0.2) is 23.2 Å². The summed E-state index contributed by atoms with van der Waals surface area (Å²) in [6.45, 7) is 13.5. The minimum absolute atomic E-state index is 0.0368. The molecule has 31 nitrogen and oxygen atoms in total. The van der Waals surface area contributed by atoms with Crippen LogP contribution in [0.5, 0.6) is 0 Å². The molecule has 4 saturated heterocycles. The van der Waals surface area contributed by atoms with Crippen molar-refractivity contribution in [1.29, 1.82) is 0 Å².